The summed E-state index contributed by atoms with van der Waals surface area (Å²) in [6, 6.07) is 4.95. The van der Waals surface area contributed by atoms with E-state index in [0.29, 0.717) is 11.6 Å². The molecule has 0 radical (unpaired) electrons. The predicted molar refractivity (Wildman–Crippen MR) is 90.2 cm³/mol. The lowest BCUT2D eigenvalue weighted by atomic mass is 9.87. The second-order valence-corrected chi connectivity index (χ2v) is 7.56. The molecule has 1 atom stereocenters. The van der Waals surface area contributed by atoms with Crippen LogP contribution in [0.25, 0.3) is 0 Å². The monoisotopic (exact) mass is 351 g/mol. The molecule has 1 aromatic rings. The van der Waals surface area contributed by atoms with Crippen LogP contribution in [-0.4, -0.2) is 34.6 Å². The maximum Gasteiger partial charge on any atom is 0.0544 e. The van der Waals surface area contributed by atoms with Crippen LogP contribution in [0.2, 0.25) is 0 Å². The first-order chi connectivity index (χ1) is 10.2. The molecule has 116 valence electrons. The number of rotatable bonds is 5. The topological polar surface area (TPSA) is 28.2 Å². The van der Waals surface area contributed by atoms with Crippen LogP contribution in [0.1, 0.15) is 45.2 Å². The van der Waals surface area contributed by atoms with Gasteiger partial charge in [0.2, 0.25) is 0 Å². The number of halogens is 1. The fraction of sp³-hybridized carbons (Fsp3) is 0.706. The van der Waals surface area contributed by atoms with Gasteiger partial charge in [0, 0.05) is 41.9 Å². The summed E-state index contributed by atoms with van der Waals surface area (Å²) in [7, 11) is 0. The summed E-state index contributed by atoms with van der Waals surface area (Å²) in [5.41, 5.74) is 1.48. The third kappa shape index (κ3) is 3.49. The molecule has 2 heterocycles. The highest BCUT2D eigenvalue weighted by atomic mass is 79.9. The molecule has 21 heavy (non-hydrogen) atoms. The van der Waals surface area contributed by atoms with Gasteiger partial charge in [-0.3, -0.25) is 9.88 Å². The van der Waals surface area contributed by atoms with Crippen LogP contribution in [0.5, 0.6) is 0 Å². The van der Waals surface area contributed by atoms with Crippen LogP contribution in [0.4, 0.5) is 0 Å². The first-order valence-corrected chi connectivity index (χ1v) is 9.04. The summed E-state index contributed by atoms with van der Waals surface area (Å²) < 4.78 is 1.06. The van der Waals surface area contributed by atoms with Crippen LogP contribution in [0, 0.1) is 5.92 Å². The number of pyridine rings is 1. The normalized spacial score (nSPS) is 26.0. The van der Waals surface area contributed by atoms with Crippen LogP contribution in [0.3, 0.4) is 0 Å². The number of aromatic nitrogens is 1. The largest absolute Gasteiger partial charge is 0.308 e. The summed E-state index contributed by atoms with van der Waals surface area (Å²) in [5.74, 6) is 0.902. The zero-order chi connectivity index (χ0) is 14.9. The Labute approximate surface area is 136 Å². The fourth-order valence-electron chi connectivity index (χ4n) is 3.56. The maximum atomic E-state index is 4.58. The summed E-state index contributed by atoms with van der Waals surface area (Å²) in [6.45, 7) is 7.90. The predicted octanol–water partition coefficient (Wildman–Crippen LogP) is 3.59. The van der Waals surface area contributed by atoms with Gasteiger partial charge in [-0.2, -0.15) is 0 Å². The van der Waals surface area contributed by atoms with E-state index in [0.717, 1.165) is 30.0 Å². The van der Waals surface area contributed by atoms with E-state index >= 15 is 0 Å². The molecule has 4 heteroatoms. The SMILES string of the molecule is CCC1(CC)CN(Cc2ccc(Br)cn2)C(C2CC2)CN1. The van der Waals surface area contributed by atoms with Crippen LogP contribution >= 0.6 is 15.9 Å². The minimum Gasteiger partial charge on any atom is -0.308 e. The molecular formula is C17H26BrN3. The van der Waals surface area contributed by atoms with Crippen LogP contribution < -0.4 is 5.32 Å². The Bertz CT molecular complexity index is 465. The second-order valence-electron chi connectivity index (χ2n) is 6.65. The molecular weight excluding hydrogens is 326 g/mol. The summed E-state index contributed by atoms with van der Waals surface area (Å²) in [4.78, 5) is 7.27. The standard InChI is InChI=1S/C17H26BrN3/c1-3-17(4-2)12-21(16(10-20-17)13-5-6-13)11-15-8-7-14(18)9-19-15/h7-9,13,16,20H,3-6,10-12H2,1-2H3. The highest BCUT2D eigenvalue weighted by molar-refractivity contribution is 9.10. The molecule has 1 aromatic heterocycles. The van der Waals surface area contributed by atoms with Gasteiger partial charge in [0.15, 0.2) is 0 Å². The Morgan fingerprint density at radius 2 is 2.10 bits per heavy atom. The van der Waals surface area contributed by atoms with Crippen molar-refractivity contribution in [2.24, 2.45) is 5.92 Å². The van der Waals surface area contributed by atoms with Gasteiger partial charge in [-0.25, -0.2) is 0 Å². The Kier molecular flexibility index (Phi) is 4.67. The van der Waals surface area contributed by atoms with E-state index in [1.54, 1.807) is 0 Å². The lowest BCUT2D eigenvalue weighted by molar-refractivity contribution is 0.0547. The van der Waals surface area contributed by atoms with Crippen molar-refractivity contribution in [3.05, 3.63) is 28.5 Å². The number of hydrogen-bond donors (Lipinski definition) is 1. The summed E-state index contributed by atoms with van der Waals surface area (Å²) >= 11 is 3.47. The van der Waals surface area contributed by atoms with E-state index in [4.69, 9.17) is 0 Å². The van der Waals surface area contributed by atoms with Gasteiger partial charge in [0.05, 0.1) is 5.69 Å². The Morgan fingerprint density at radius 3 is 2.67 bits per heavy atom. The Morgan fingerprint density at radius 1 is 1.33 bits per heavy atom. The number of piperazine rings is 1. The molecule has 0 bridgehead atoms. The van der Waals surface area contributed by atoms with Crippen molar-refractivity contribution in [2.45, 2.75) is 57.7 Å². The molecule has 3 nitrogen and oxygen atoms in total. The van der Waals surface area contributed by atoms with Crippen LogP contribution in [0.15, 0.2) is 22.8 Å². The highest BCUT2D eigenvalue weighted by Crippen LogP contribution is 2.38. The Hall–Kier alpha value is -0.450. The van der Waals surface area contributed by atoms with Crippen molar-refractivity contribution >= 4 is 15.9 Å². The summed E-state index contributed by atoms with van der Waals surface area (Å²) in [5, 5.41) is 3.86. The van der Waals surface area contributed by atoms with E-state index in [2.05, 4.69) is 57.1 Å². The molecule has 3 rings (SSSR count). The fourth-order valence-corrected chi connectivity index (χ4v) is 3.80. The third-order valence-electron chi connectivity index (χ3n) is 5.33. The minimum absolute atomic E-state index is 0.292. The Balaban J connectivity index is 1.75. The van der Waals surface area contributed by atoms with E-state index < -0.39 is 0 Å². The number of hydrogen-bond acceptors (Lipinski definition) is 3. The van der Waals surface area contributed by atoms with Crippen LogP contribution in [-0.2, 0) is 6.54 Å². The zero-order valence-electron chi connectivity index (χ0n) is 13.1. The molecule has 1 unspecified atom stereocenters. The molecule has 0 amide bonds. The molecule has 2 fully saturated rings. The molecule has 1 N–H and O–H groups in total. The van der Waals surface area contributed by atoms with Gasteiger partial charge < -0.3 is 5.32 Å². The van der Waals surface area contributed by atoms with E-state index in [9.17, 15) is 0 Å². The molecule has 1 aliphatic heterocycles. The lowest BCUT2D eigenvalue weighted by Gasteiger charge is -2.47. The quantitative estimate of drug-likeness (QED) is 0.878. The first-order valence-electron chi connectivity index (χ1n) is 8.25. The highest BCUT2D eigenvalue weighted by Gasteiger charge is 2.42. The molecule has 0 spiro atoms. The van der Waals surface area contributed by atoms with E-state index in [-0.39, 0.29) is 0 Å². The molecule has 2 aliphatic rings. The molecule has 0 aromatic carbocycles. The average Bonchev–Trinajstić information content (AvgIpc) is 3.34. The van der Waals surface area contributed by atoms with Gasteiger partial charge in [-0.1, -0.05) is 13.8 Å². The van der Waals surface area contributed by atoms with Gasteiger partial charge in [0.25, 0.3) is 0 Å². The van der Waals surface area contributed by atoms with Gasteiger partial charge in [0.1, 0.15) is 0 Å². The summed E-state index contributed by atoms with van der Waals surface area (Å²) in [6.07, 6.45) is 7.12. The van der Waals surface area contributed by atoms with Crippen molar-refractivity contribution < 1.29 is 0 Å². The van der Waals surface area contributed by atoms with E-state index in [1.807, 2.05) is 6.20 Å². The van der Waals surface area contributed by atoms with Gasteiger partial charge in [-0.15, -0.1) is 0 Å². The van der Waals surface area contributed by atoms with Crippen molar-refractivity contribution in [3.8, 4) is 0 Å². The molecule has 1 aliphatic carbocycles. The van der Waals surface area contributed by atoms with E-state index in [1.165, 1.54) is 31.4 Å². The average molecular weight is 352 g/mol. The lowest BCUT2D eigenvalue weighted by Crippen LogP contribution is -2.64. The third-order valence-corrected chi connectivity index (χ3v) is 5.80. The van der Waals surface area contributed by atoms with Gasteiger partial charge >= 0.3 is 0 Å². The first kappa shape index (κ1) is 15.4. The molecule has 1 saturated carbocycles. The minimum atomic E-state index is 0.292. The van der Waals surface area contributed by atoms with Crippen molar-refractivity contribution in [2.75, 3.05) is 13.1 Å². The van der Waals surface area contributed by atoms with Gasteiger partial charge in [-0.05, 0) is 59.7 Å². The smallest absolute Gasteiger partial charge is 0.0544 e. The van der Waals surface area contributed by atoms with Crippen molar-refractivity contribution in [3.63, 3.8) is 0 Å². The van der Waals surface area contributed by atoms with Crippen molar-refractivity contribution in [1.29, 1.82) is 0 Å². The van der Waals surface area contributed by atoms with Crippen molar-refractivity contribution in [1.82, 2.24) is 15.2 Å². The number of nitrogens with one attached hydrogen (secondary N) is 1. The second kappa shape index (κ2) is 6.35. The number of nitrogens with zero attached hydrogens (tertiary/aromatic N) is 2. The molecule has 1 saturated heterocycles. The zero-order valence-corrected chi connectivity index (χ0v) is 14.7. The maximum absolute atomic E-state index is 4.58.